The van der Waals surface area contributed by atoms with Gasteiger partial charge in [0.1, 0.15) is 11.3 Å². The van der Waals surface area contributed by atoms with Crippen molar-refractivity contribution in [1.29, 1.82) is 0 Å². The molecule has 0 saturated heterocycles. The number of methoxy groups -OCH3 is 1. The van der Waals surface area contributed by atoms with E-state index < -0.39 is 12.2 Å². The summed E-state index contributed by atoms with van der Waals surface area (Å²) in [6, 6.07) is 9.49. The minimum Gasteiger partial charge on any atom is -0.508 e. The molecule has 0 amide bonds. The molecule has 30 heavy (non-hydrogen) atoms. The van der Waals surface area contributed by atoms with Crippen LogP contribution in [0.2, 0.25) is 0 Å². The lowest BCUT2D eigenvalue weighted by Crippen LogP contribution is -2.18. The highest BCUT2D eigenvalue weighted by Crippen LogP contribution is 2.31. The third kappa shape index (κ3) is 4.88. The van der Waals surface area contributed by atoms with Crippen LogP contribution in [0, 0.1) is 0 Å². The highest BCUT2D eigenvalue weighted by Gasteiger charge is 2.14. The van der Waals surface area contributed by atoms with Gasteiger partial charge >= 0.3 is 12.2 Å². The van der Waals surface area contributed by atoms with Gasteiger partial charge in [-0.2, -0.15) is 8.78 Å². The Bertz CT molecular complexity index is 1100. The second kappa shape index (κ2) is 9.13. The van der Waals surface area contributed by atoms with Crippen LogP contribution in [0.1, 0.15) is 23.6 Å². The molecule has 2 aromatic carbocycles. The van der Waals surface area contributed by atoms with Crippen molar-refractivity contribution in [2.24, 2.45) is 0 Å². The van der Waals surface area contributed by atoms with Gasteiger partial charge in [0.25, 0.3) is 0 Å². The summed E-state index contributed by atoms with van der Waals surface area (Å²) < 4.78 is 39.8. The second-order valence-corrected chi connectivity index (χ2v) is 6.96. The fourth-order valence-corrected chi connectivity index (χ4v) is 3.38. The van der Waals surface area contributed by atoms with Gasteiger partial charge in [-0.3, -0.25) is 4.90 Å². The van der Waals surface area contributed by atoms with Gasteiger partial charge in [-0.05, 0) is 48.4 Å². The average Bonchev–Trinajstić information content (AvgIpc) is 2.68. The maximum Gasteiger partial charge on any atom is 0.387 e. The average molecular weight is 419 g/mol. The summed E-state index contributed by atoms with van der Waals surface area (Å²) in [4.78, 5) is 13.9. The monoisotopic (exact) mass is 419 g/mol. The Labute approximate surface area is 172 Å². The number of aryl methyl sites for hydroxylation is 1. The summed E-state index contributed by atoms with van der Waals surface area (Å²) in [6.07, 6.45) is 0.642. The van der Waals surface area contributed by atoms with Gasteiger partial charge in [0.05, 0.1) is 7.11 Å². The Balaban J connectivity index is 1.85. The lowest BCUT2D eigenvalue weighted by molar-refractivity contribution is -0.0512. The number of ether oxygens (including phenoxy) is 2. The van der Waals surface area contributed by atoms with E-state index in [0.717, 1.165) is 22.1 Å². The molecule has 0 saturated carbocycles. The van der Waals surface area contributed by atoms with Crippen LogP contribution in [0.15, 0.2) is 45.6 Å². The molecule has 0 radical (unpaired) electrons. The molecule has 0 unspecified atom stereocenters. The van der Waals surface area contributed by atoms with Crippen molar-refractivity contribution in [3.05, 3.63) is 63.5 Å². The van der Waals surface area contributed by atoms with Crippen LogP contribution in [0.5, 0.6) is 17.2 Å². The zero-order valence-electron chi connectivity index (χ0n) is 16.9. The molecule has 0 spiro atoms. The molecule has 1 heterocycles. The molecule has 6 nitrogen and oxygen atoms in total. The minimum atomic E-state index is -2.93. The first-order chi connectivity index (χ1) is 14.3. The Hall–Kier alpha value is -3.13. The number of hydrogen-bond donors (Lipinski definition) is 1. The standard InChI is InChI=1S/C22H23F2NO5/c1-4-14-8-16-15(9-21(27)29-19(16)10-17(14)26)12-25(2)11-13-5-6-18(30-22(23)24)20(7-13)28-3/h5-10,22,26H,4,11-12H2,1-3H3. The molecule has 0 aliphatic carbocycles. The first kappa shape index (κ1) is 21.6. The van der Waals surface area contributed by atoms with Crippen molar-refractivity contribution in [1.82, 2.24) is 4.90 Å². The van der Waals surface area contributed by atoms with E-state index in [9.17, 15) is 18.7 Å². The van der Waals surface area contributed by atoms with Gasteiger partial charge in [-0.15, -0.1) is 0 Å². The van der Waals surface area contributed by atoms with Crippen molar-refractivity contribution in [3.8, 4) is 17.2 Å². The van der Waals surface area contributed by atoms with Crippen LogP contribution in [-0.4, -0.2) is 30.8 Å². The summed E-state index contributed by atoms with van der Waals surface area (Å²) in [5, 5.41) is 10.8. The smallest absolute Gasteiger partial charge is 0.387 e. The van der Waals surface area contributed by atoms with Gasteiger partial charge in [-0.25, -0.2) is 4.79 Å². The fraction of sp³-hybridized carbons (Fsp3) is 0.318. The van der Waals surface area contributed by atoms with Crippen molar-refractivity contribution < 1.29 is 27.8 Å². The molecular formula is C22H23F2NO5. The first-order valence-electron chi connectivity index (χ1n) is 9.39. The van der Waals surface area contributed by atoms with Gasteiger partial charge in [-0.1, -0.05) is 13.0 Å². The number of benzene rings is 2. The maximum atomic E-state index is 12.5. The number of phenolic OH excluding ortho intramolecular Hbond substituents is 1. The quantitative estimate of drug-likeness (QED) is 0.549. The van der Waals surface area contributed by atoms with E-state index in [0.29, 0.717) is 25.1 Å². The van der Waals surface area contributed by atoms with Crippen LogP contribution in [0.4, 0.5) is 8.78 Å². The largest absolute Gasteiger partial charge is 0.508 e. The highest BCUT2D eigenvalue weighted by molar-refractivity contribution is 5.82. The van der Waals surface area contributed by atoms with Gasteiger partial charge in [0.2, 0.25) is 0 Å². The normalized spacial score (nSPS) is 11.4. The highest BCUT2D eigenvalue weighted by atomic mass is 19.3. The van der Waals surface area contributed by atoms with E-state index in [4.69, 9.17) is 9.15 Å². The van der Waals surface area contributed by atoms with Crippen LogP contribution < -0.4 is 15.1 Å². The third-order valence-corrected chi connectivity index (χ3v) is 4.75. The van der Waals surface area contributed by atoms with Crippen molar-refractivity contribution in [2.45, 2.75) is 33.0 Å². The molecule has 160 valence electrons. The predicted molar refractivity (Wildman–Crippen MR) is 108 cm³/mol. The summed E-state index contributed by atoms with van der Waals surface area (Å²) >= 11 is 0. The summed E-state index contributed by atoms with van der Waals surface area (Å²) in [7, 11) is 3.26. The Morgan fingerprint density at radius 2 is 1.87 bits per heavy atom. The number of phenols is 1. The molecule has 0 bridgehead atoms. The molecule has 0 aliphatic heterocycles. The number of hydrogen-bond acceptors (Lipinski definition) is 6. The summed E-state index contributed by atoms with van der Waals surface area (Å²) in [5.74, 6) is 0.282. The van der Waals surface area contributed by atoms with E-state index >= 15 is 0 Å². The zero-order valence-corrected chi connectivity index (χ0v) is 16.9. The molecule has 0 fully saturated rings. The van der Waals surface area contributed by atoms with E-state index in [1.54, 1.807) is 12.1 Å². The maximum absolute atomic E-state index is 12.5. The topological polar surface area (TPSA) is 72.1 Å². The van der Waals surface area contributed by atoms with E-state index in [1.165, 1.54) is 25.3 Å². The van der Waals surface area contributed by atoms with Crippen LogP contribution in [-0.2, 0) is 19.5 Å². The number of rotatable bonds is 8. The van der Waals surface area contributed by atoms with Gasteiger partial charge < -0.3 is 19.0 Å². The number of nitrogens with zero attached hydrogens (tertiary/aromatic N) is 1. The Morgan fingerprint density at radius 3 is 2.53 bits per heavy atom. The van der Waals surface area contributed by atoms with Crippen LogP contribution in [0.3, 0.4) is 0 Å². The van der Waals surface area contributed by atoms with E-state index in [2.05, 4.69) is 4.74 Å². The lowest BCUT2D eigenvalue weighted by Gasteiger charge is -2.19. The molecular weight excluding hydrogens is 396 g/mol. The van der Waals surface area contributed by atoms with Crippen LogP contribution in [0.25, 0.3) is 11.0 Å². The van der Waals surface area contributed by atoms with Crippen molar-refractivity contribution in [2.75, 3.05) is 14.2 Å². The predicted octanol–water partition coefficient (Wildman–Crippen LogP) is 4.30. The zero-order chi connectivity index (χ0) is 21.8. The number of fused-ring (bicyclic) bond motifs is 1. The fourth-order valence-electron chi connectivity index (χ4n) is 3.38. The molecule has 0 aliphatic rings. The lowest BCUT2D eigenvalue weighted by atomic mass is 10.0. The Kier molecular flexibility index (Phi) is 6.56. The molecule has 3 rings (SSSR count). The molecule has 3 aromatic rings. The number of halogens is 2. The third-order valence-electron chi connectivity index (χ3n) is 4.75. The summed E-state index contributed by atoms with van der Waals surface area (Å²) in [6.45, 7) is -0.0853. The summed E-state index contributed by atoms with van der Waals surface area (Å²) in [5.41, 5.74) is 2.19. The van der Waals surface area contributed by atoms with Crippen molar-refractivity contribution in [3.63, 3.8) is 0 Å². The van der Waals surface area contributed by atoms with Gasteiger partial charge in [0.15, 0.2) is 11.5 Å². The minimum absolute atomic E-state index is 0.0301. The van der Waals surface area contributed by atoms with Crippen LogP contribution >= 0.6 is 0 Å². The first-order valence-corrected chi connectivity index (χ1v) is 9.39. The number of alkyl halides is 2. The SMILES string of the molecule is CCc1cc2c(CN(C)Cc3ccc(OC(F)F)c(OC)c3)cc(=O)oc2cc1O. The molecule has 1 aromatic heterocycles. The second-order valence-electron chi connectivity index (χ2n) is 6.96. The van der Waals surface area contributed by atoms with Gasteiger partial charge in [0, 0.05) is 30.6 Å². The molecule has 0 atom stereocenters. The Morgan fingerprint density at radius 1 is 1.10 bits per heavy atom. The van der Waals surface area contributed by atoms with E-state index in [1.807, 2.05) is 24.9 Å². The molecule has 1 N–H and O–H groups in total. The molecule has 8 heteroatoms. The number of aromatic hydroxyl groups is 1. The van der Waals surface area contributed by atoms with E-state index in [-0.39, 0.29) is 17.2 Å². The van der Waals surface area contributed by atoms with Crippen molar-refractivity contribution >= 4 is 11.0 Å².